The number of carbonyl (C=O) groups excluding carboxylic acids is 1. The summed E-state index contributed by atoms with van der Waals surface area (Å²) in [4.78, 5) is 34.8. The van der Waals surface area contributed by atoms with Gasteiger partial charge in [-0.2, -0.15) is 0 Å². The van der Waals surface area contributed by atoms with Crippen LogP contribution in [0.2, 0.25) is 5.02 Å². The zero-order valence-electron chi connectivity index (χ0n) is 14.8. The molecule has 2 aromatic heterocycles. The summed E-state index contributed by atoms with van der Waals surface area (Å²) in [5.41, 5.74) is 0.00285. The summed E-state index contributed by atoms with van der Waals surface area (Å²) in [7, 11) is 0. The molecule has 28 heavy (non-hydrogen) atoms. The van der Waals surface area contributed by atoms with E-state index in [1.54, 1.807) is 18.5 Å². The number of halogens is 1. The maximum absolute atomic E-state index is 12.2. The molecular weight excluding hydrogens is 386 g/mol. The van der Waals surface area contributed by atoms with Crippen LogP contribution in [0.4, 0.5) is 11.5 Å². The highest BCUT2D eigenvalue weighted by Gasteiger charge is 2.14. The molecule has 0 unspecified atom stereocenters. The Morgan fingerprint density at radius 1 is 1.25 bits per heavy atom. The molecule has 10 nitrogen and oxygen atoms in total. The lowest BCUT2D eigenvalue weighted by atomic mass is 10.2. The first-order valence-corrected chi connectivity index (χ1v) is 8.62. The Kier molecular flexibility index (Phi) is 5.80. The summed E-state index contributed by atoms with van der Waals surface area (Å²) in [6, 6.07) is 5.48. The molecular formula is C17H16ClN7O3. The minimum Gasteiger partial charge on any atom is -0.368 e. The summed E-state index contributed by atoms with van der Waals surface area (Å²) in [6.07, 6.45) is 4.92. The summed E-state index contributed by atoms with van der Waals surface area (Å²) < 4.78 is 1.82. The van der Waals surface area contributed by atoms with E-state index in [-0.39, 0.29) is 16.3 Å². The Bertz CT molecular complexity index is 1020. The molecule has 2 heterocycles. The lowest BCUT2D eigenvalue weighted by Crippen LogP contribution is -2.29. The van der Waals surface area contributed by atoms with Crippen LogP contribution in [0.25, 0.3) is 5.82 Å². The first-order chi connectivity index (χ1) is 13.5. The van der Waals surface area contributed by atoms with Gasteiger partial charge in [0.25, 0.3) is 11.6 Å². The van der Waals surface area contributed by atoms with Crippen LogP contribution in [0.15, 0.2) is 43.0 Å². The Morgan fingerprint density at radius 2 is 2.07 bits per heavy atom. The maximum Gasteiger partial charge on any atom is 0.270 e. The van der Waals surface area contributed by atoms with Crippen molar-refractivity contribution in [3.05, 3.63) is 69.5 Å². The molecule has 0 aliphatic carbocycles. The van der Waals surface area contributed by atoms with Gasteiger partial charge in [0.05, 0.1) is 15.5 Å². The van der Waals surface area contributed by atoms with E-state index in [9.17, 15) is 14.9 Å². The average Bonchev–Trinajstić information content (AvgIpc) is 3.11. The quantitative estimate of drug-likeness (QED) is 0.353. The molecule has 2 N–H and O–H groups in total. The molecule has 0 saturated carbocycles. The Morgan fingerprint density at radius 3 is 2.75 bits per heavy atom. The van der Waals surface area contributed by atoms with Crippen molar-refractivity contribution in [1.29, 1.82) is 0 Å². The van der Waals surface area contributed by atoms with Gasteiger partial charge in [-0.15, -0.1) is 0 Å². The lowest BCUT2D eigenvalue weighted by molar-refractivity contribution is -0.384. The monoisotopic (exact) mass is 401 g/mol. The molecule has 0 aliphatic rings. The van der Waals surface area contributed by atoms with Crippen LogP contribution in [0.1, 0.15) is 16.2 Å². The maximum atomic E-state index is 12.2. The standard InChI is InChI=1S/C17H16ClN7O3/c1-11-19-6-7-24(11)16-9-15(22-10-23-16)20-4-5-21-17(26)13-3-2-12(25(27)28)8-14(13)18/h2-3,6-10H,4-5H2,1H3,(H,21,26)(H,20,22,23). The minimum absolute atomic E-state index is 0.0239. The highest BCUT2D eigenvalue weighted by Crippen LogP contribution is 2.22. The Labute approximate surface area is 164 Å². The molecule has 11 heteroatoms. The van der Waals surface area contributed by atoms with Crippen molar-refractivity contribution in [1.82, 2.24) is 24.8 Å². The Hall–Kier alpha value is -3.53. The molecule has 1 aromatic carbocycles. The SMILES string of the molecule is Cc1nccn1-c1cc(NCCNC(=O)c2ccc([N+](=O)[O-])cc2Cl)ncn1. The number of nitro groups is 1. The minimum atomic E-state index is -0.571. The zero-order valence-corrected chi connectivity index (χ0v) is 15.6. The van der Waals surface area contributed by atoms with E-state index in [4.69, 9.17) is 11.6 Å². The predicted octanol–water partition coefficient (Wildman–Crippen LogP) is 2.37. The molecule has 0 radical (unpaired) electrons. The first-order valence-electron chi connectivity index (χ1n) is 8.24. The van der Waals surface area contributed by atoms with Gasteiger partial charge in [0.15, 0.2) is 0 Å². The van der Waals surface area contributed by atoms with Crippen LogP contribution < -0.4 is 10.6 Å². The smallest absolute Gasteiger partial charge is 0.270 e. The molecule has 0 atom stereocenters. The van der Waals surface area contributed by atoms with E-state index in [0.29, 0.717) is 24.7 Å². The molecule has 144 valence electrons. The van der Waals surface area contributed by atoms with Gasteiger partial charge in [-0.05, 0) is 13.0 Å². The number of nitro benzene ring substituents is 1. The number of nitrogens with zero attached hydrogens (tertiary/aromatic N) is 5. The largest absolute Gasteiger partial charge is 0.368 e. The number of amides is 1. The number of imidazole rings is 1. The van der Waals surface area contributed by atoms with Gasteiger partial charge in [-0.1, -0.05) is 11.6 Å². The van der Waals surface area contributed by atoms with E-state index >= 15 is 0 Å². The van der Waals surface area contributed by atoms with Crippen molar-refractivity contribution in [2.24, 2.45) is 0 Å². The van der Waals surface area contributed by atoms with Gasteiger partial charge in [-0.25, -0.2) is 15.0 Å². The van der Waals surface area contributed by atoms with Crippen molar-refractivity contribution in [2.75, 3.05) is 18.4 Å². The van der Waals surface area contributed by atoms with Gasteiger partial charge in [0.2, 0.25) is 0 Å². The van der Waals surface area contributed by atoms with E-state index < -0.39 is 10.8 Å². The van der Waals surface area contributed by atoms with Crippen LogP contribution in [0.5, 0.6) is 0 Å². The van der Waals surface area contributed by atoms with Crippen molar-refractivity contribution >= 4 is 29.0 Å². The topological polar surface area (TPSA) is 128 Å². The fourth-order valence-electron chi connectivity index (χ4n) is 2.46. The molecule has 1 amide bonds. The van der Waals surface area contributed by atoms with E-state index in [2.05, 4.69) is 25.6 Å². The fourth-order valence-corrected chi connectivity index (χ4v) is 2.72. The van der Waals surface area contributed by atoms with Crippen molar-refractivity contribution < 1.29 is 9.72 Å². The number of hydrogen-bond donors (Lipinski definition) is 2. The van der Waals surface area contributed by atoms with Crippen molar-refractivity contribution in [3.8, 4) is 5.82 Å². The summed E-state index contributed by atoms with van der Waals surface area (Å²) in [5, 5.41) is 16.5. The van der Waals surface area contributed by atoms with Crippen LogP contribution in [0, 0.1) is 17.0 Å². The summed E-state index contributed by atoms with van der Waals surface area (Å²) in [5.74, 6) is 1.66. The van der Waals surface area contributed by atoms with E-state index in [1.807, 2.05) is 11.5 Å². The van der Waals surface area contributed by atoms with Crippen LogP contribution >= 0.6 is 11.6 Å². The third kappa shape index (κ3) is 4.41. The van der Waals surface area contributed by atoms with E-state index in [1.165, 1.54) is 18.5 Å². The number of anilines is 1. The second-order valence-electron chi connectivity index (χ2n) is 5.71. The zero-order chi connectivity index (χ0) is 20.1. The number of aryl methyl sites for hydroxylation is 1. The molecule has 0 bridgehead atoms. The molecule has 0 aliphatic heterocycles. The highest BCUT2D eigenvalue weighted by molar-refractivity contribution is 6.34. The van der Waals surface area contributed by atoms with Crippen molar-refractivity contribution in [3.63, 3.8) is 0 Å². The first kappa shape index (κ1) is 19.2. The third-order valence-electron chi connectivity index (χ3n) is 3.85. The number of benzene rings is 1. The molecule has 0 fully saturated rings. The number of hydrogen-bond acceptors (Lipinski definition) is 7. The number of aromatic nitrogens is 4. The van der Waals surface area contributed by atoms with Gasteiger partial charge in [-0.3, -0.25) is 19.5 Å². The highest BCUT2D eigenvalue weighted by atomic mass is 35.5. The average molecular weight is 402 g/mol. The third-order valence-corrected chi connectivity index (χ3v) is 4.16. The molecule has 3 aromatic rings. The van der Waals surface area contributed by atoms with Gasteiger partial charge >= 0.3 is 0 Å². The molecule has 0 saturated heterocycles. The van der Waals surface area contributed by atoms with Crippen LogP contribution in [-0.4, -0.2) is 43.4 Å². The fraction of sp³-hybridized carbons (Fsp3) is 0.176. The summed E-state index contributed by atoms with van der Waals surface area (Å²) >= 11 is 5.95. The predicted molar refractivity (Wildman–Crippen MR) is 103 cm³/mol. The normalized spacial score (nSPS) is 10.5. The second kappa shape index (κ2) is 8.44. The summed E-state index contributed by atoms with van der Waals surface area (Å²) in [6.45, 7) is 2.58. The van der Waals surface area contributed by atoms with Crippen molar-refractivity contribution in [2.45, 2.75) is 6.92 Å². The second-order valence-corrected chi connectivity index (χ2v) is 6.12. The molecule has 3 rings (SSSR count). The number of carbonyl (C=O) groups is 1. The van der Waals surface area contributed by atoms with Gasteiger partial charge < -0.3 is 10.6 Å². The number of rotatable bonds is 7. The van der Waals surface area contributed by atoms with Crippen LogP contribution in [-0.2, 0) is 0 Å². The molecule has 0 spiro atoms. The Balaban J connectivity index is 1.54. The number of non-ortho nitro benzene ring substituents is 1. The van der Waals surface area contributed by atoms with Crippen LogP contribution in [0.3, 0.4) is 0 Å². The van der Waals surface area contributed by atoms with E-state index in [0.717, 1.165) is 11.9 Å². The lowest BCUT2D eigenvalue weighted by Gasteiger charge is -2.10. The van der Waals surface area contributed by atoms with Gasteiger partial charge in [0.1, 0.15) is 23.8 Å². The number of nitrogens with one attached hydrogen (secondary N) is 2. The van der Waals surface area contributed by atoms with Gasteiger partial charge in [0, 0.05) is 43.7 Å².